The third-order valence-corrected chi connectivity index (χ3v) is 5.39. The fourth-order valence-corrected chi connectivity index (χ4v) is 3.55. The van der Waals surface area contributed by atoms with Gasteiger partial charge in [-0.2, -0.15) is 0 Å². The number of hydrogen-bond donors (Lipinski definition) is 0. The number of halogens is 2. The lowest BCUT2D eigenvalue weighted by molar-refractivity contribution is 0.386. The highest BCUT2D eigenvalue weighted by Crippen LogP contribution is 2.44. The van der Waals surface area contributed by atoms with Crippen LogP contribution in [0.3, 0.4) is 0 Å². The van der Waals surface area contributed by atoms with Gasteiger partial charge in [-0.25, -0.2) is 0 Å². The van der Waals surface area contributed by atoms with E-state index in [1.54, 1.807) is 14.2 Å². The van der Waals surface area contributed by atoms with Crippen LogP contribution in [0.2, 0.25) is 0 Å². The molecule has 112 valence electrons. The molecule has 0 heterocycles. The van der Waals surface area contributed by atoms with Crippen LogP contribution in [-0.4, -0.2) is 14.2 Å². The van der Waals surface area contributed by atoms with Crippen LogP contribution in [0, 0.1) is 13.8 Å². The number of methoxy groups -OCH3 is 2. The molecule has 2 aromatic rings. The van der Waals surface area contributed by atoms with E-state index in [1.807, 2.05) is 12.1 Å². The molecular formula is C17H18Br2O2. The minimum Gasteiger partial charge on any atom is -0.495 e. The fourth-order valence-electron chi connectivity index (χ4n) is 2.22. The number of benzene rings is 2. The monoisotopic (exact) mass is 412 g/mol. The highest BCUT2D eigenvalue weighted by atomic mass is 79.9. The molecule has 0 aliphatic rings. The lowest BCUT2D eigenvalue weighted by atomic mass is 9.99. The predicted molar refractivity (Wildman–Crippen MR) is 93.9 cm³/mol. The first kappa shape index (κ1) is 16.4. The Labute approximate surface area is 142 Å². The quantitative estimate of drug-likeness (QED) is 0.610. The van der Waals surface area contributed by atoms with Gasteiger partial charge in [0.1, 0.15) is 16.0 Å². The van der Waals surface area contributed by atoms with E-state index in [0.717, 1.165) is 21.5 Å². The van der Waals surface area contributed by atoms with Gasteiger partial charge >= 0.3 is 0 Å². The summed E-state index contributed by atoms with van der Waals surface area (Å²) in [5.74, 6) is 1.55. The minimum atomic E-state index is 0.0638. The Kier molecular flexibility index (Phi) is 5.33. The first-order chi connectivity index (χ1) is 9.99. The molecule has 0 bridgehead atoms. The summed E-state index contributed by atoms with van der Waals surface area (Å²) in [5, 5.41) is 0. The second-order valence-electron chi connectivity index (χ2n) is 4.91. The van der Waals surface area contributed by atoms with E-state index in [9.17, 15) is 0 Å². The number of alkyl halides is 1. The largest absolute Gasteiger partial charge is 0.495 e. The van der Waals surface area contributed by atoms with Gasteiger partial charge in [-0.3, -0.25) is 0 Å². The molecule has 2 nitrogen and oxygen atoms in total. The molecule has 0 aliphatic heterocycles. The third kappa shape index (κ3) is 3.27. The molecule has 0 aromatic heterocycles. The molecule has 0 saturated carbocycles. The van der Waals surface area contributed by atoms with E-state index in [2.05, 4.69) is 63.9 Å². The predicted octanol–water partition coefficient (Wildman–Crippen LogP) is 5.57. The van der Waals surface area contributed by atoms with E-state index in [-0.39, 0.29) is 4.83 Å². The zero-order chi connectivity index (χ0) is 15.6. The molecule has 1 atom stereocenters. The van der Waals surface area contributed by atoms with Crippen molar-refractivity contribution in [2.24, 2.45) is 0 Å². The molecule has 0 amide bonds. The standard InChI is InChI=1S/C17H18Br2O2/c1-10-5-6-12(9-11(10)2)15(18)13-7-8-14(20-3)16(19)17(13)21-4/h5-9,15H,1-4H3. The number of aryl methyl sites for hydroxylation is 2. The van der Waals surface area contributed by atoms with Crippen molar-refractivity contribution in [2.75, 3.05) is 14.2 Å². The SMILES string of the molecule is COc1ccc(C(Br)c2ccc(C)c(C)c2)c(OC)c1Br. The first-order valence-corrected chi connectivity index (χ1v) is 8.32. The van der Waals surface area contributed by atoms with Gasteiger partial charge in [0, 0.05) is 5.56 Å². The van der Waals surface area contributed by atoms with Gasteiger partial charge in [0.2, 0.25) is 0 Å². The number of ether oxygens (including phenoxy) is 2. The van der Waals surface area contributed by atoms with Crippen LogP contribution in [0.25, 0.3) is 0 Å². The molecule has 4 heteroatoms. The van der Waals surface area contributed by atoms with Crippen LogP contribution in [0.5, 0.6) is 11.5 Å². The molecule has 2 aromatic carbocycles. The molecule has 0 aliphatic carbocycles. The van der Waals surface area contributed by atoms with Crippen molar-refractivity contribution in [3.05, 3.63) is 57.1 Å². The maximum atomic E-state index is 5.56. The average molecular weight is 414 g/mol. The second kappa shape index (κ2) is 6.84. The summed E-state index contributed by atoms with van der Waals surface area (Å²) in [5.41, 5.74) is 4.84. The van der Waals surface area contributed by atoms with Crippen LogP contribution in [0.15, 0.2) is 34.8 Å². The Hall–Kier alpha value is -1.00. The summed E-state index contributed by atoms with van der Waals surface area (Å²) in [6.45, 7) is 4.24. The minimum absolute atomic E-state index is 0.0638. The van der Waals surface area contributed by atoms with Crippen molar-refractivity contribution >= 4 is 31.9 Å². The zero-order valence-electron chi connectivity index (χ0n) is 12.5. The van der Waals surface area contributed by atoms with Gasteiger partial charge in [0.25, 0.3) is 0 Å². The summed E-state index contributed by atoms with van der Waals surface area (Å²) in [6.07, 6.45) is 0. The topological polar surface area (TPSA) is 18.5 Å². The molecule has 21 heavy (non-hydrogen) atoms. The van der Waals surface area contributed by atoms with E-state index in [4.69, 9.17) is 9.47 Å². The van der Waals surface area contributed by atoms with E-state index in [1.165, 1.54) is 16.7 Å². The van der Waals surface area contributed by atoms with Crippen molar-refractivity contribution in [3.63, 3.8) is 0 Å². The summed E-state index contributed by atoms with van der Waals surface area (Å²) < 4.78 is 11.7. The highest BCUT2D eigenvalue weighted by Gasteiger charge is 2.20. The normalized spacial score (nSPS) is 12.1. The van der Waals surface area contributed by atoms with E-state index >= 15 is 0 Å². The van der Waals surface area contributed by atoms with Gasteiger partial charge in [0.15, 0.2) is 0 Å². The Morgan fingerprint density at radius 1 is 0.952 bits per heavy atom. The molecule has 0 spiro atoms. The third-order valence-electron chi connectivity index (χ3n) is 3.61. The van der Waals surface area contributed by atoms with Crippen LogP contribution in [0.4, 0.5) is 0 Å². The van der Waals surface area contributed by atoms with Crippen LogP contribution in [-0.2, 0) is 0 Å². The summed E-state index contributed by atoms with van der Waals surface area (Å²) in [4.78, 5) is 0.0638. The van der Waals surface area contributed by atoms with Gasteiger partial charge in [-0.05, 0) is 52.5 Å². The van der Waals surface area contributed by atoms with Gasteiger partial charge in [-0.15, -0.1) is 0 Å². The highest BCUT2D eigenvalue weighted by molar-refractivity contribution is 9.10. The Morgan fingerprint density at radius 2 is 1.67 bits per heavy atom. The summed E-state index contributed by atoms with van der Waals surface area (Å²) >= 11 is 7.33. The Morgan fingerprint density at radius 3 is 2.24 bits per heavy atom. The van der Waals surface area contributed by atoms with Crippen LogP contribution in [0.1, 0.15) is 27.1 Å². The maximum Gasteiger partial charge on any atom is 0.141 e. The first-order valence-electron chi connectivity index (χ1n) is 6.61. The van der Waals surface area contributed by atoms with Crippen molar-refractivity contribution in [3.8, 4) is 11.5 Å². The summed E-state index contributed by atoms with van der Waals surface area (Å²) in [6, 6.07) is 10.4. The molecule has 0 saturated heterocycles. The maximum absolute atomic E-state index is 5.56. The van der Waals surface area contributed by atoms with Gasteiger partial charge in [-0.1, -0.05) is 40.2 Å². The van der Waals surface area contributed by atoms with Crippen molar-refractivity contribution in [1.29, 1.82) is 0 Å². The second-order valence-corrected chi connectivity index (χ2v) is 6.62. The van der Waals surface area contributed by atoms with Gasteiger partial charge < -0.3 is 9.47 Å². The molecule has 1 unspecified atom stereocenters. The summed E-state index contributed by atoms with van der Waals surface area (Å²) in [7, 11) is 3.32. The zero-order valence-corrected chi connectivity index (χ0v) is 15.7. The number of rotatable bonds is 4. The van der Waals surface area contributed by atoms with Crippen molar-refractivity contribution in [1.82, 2.24) is 0 Å². The van der Waals surface area contributed by atoms with Crippen molar-refractivity contribution in [2.45, 2.75) is 18.7 Å². The molecule has 2 rings (SSSR count). The molecular weight excluding hydrogens is 396 g/mol. The lowest BCUT2D eigenvalue weighted by Gasteiger charge is -2.18. The molecule has 0 radical (unpaired) electrons. The lowest BCUT2D eigenvalue weighted by Crippen LogP contribution is -2.00. The smallest absolute Gasteiger partial charge is 0.141 e. The number of hydrogen-bond acceptors (Lipinski definition) is 2. The van der Waals surface area contributed by atoms with E-state index in [0.29, 0.717) is 0 Å². The molecule has 0 N–H and O–H groups in total. The van der Waals surface area contributed by atoms with E-state index < -0.39 is 0 Å². The van der Waals surface area contributed by atoms with Crippen LogP contribution < -0.4 is 9.47 Å². The average Bonchev–Trinajstić information content (AvgIpc) is 2.49. The Bertz CT molecular complexity index is 653. The Balaban J connectivity index is 2.50. The fraction of sp³-hybridized carbons (Fsp3) is 0.294. The van der Waals surface area contributed by atoms with Crippen molar-refractivity contribution < 1.29 is 9.47 Å². The van der Waals surface area contributed by atoms with Crippen LogP contribution >= 0.6 is 31.9 Å². The molecule has 0 fully saturated rings. The van der Waals surface area contributed by atoms with Gasteiger partial charge in [0.05, 0.1) is 19.0 Å².